The largest absolute Gasteiger partial charge is 0.308 e. The van der Waals surface area contributed by atoms with E-state index >= 15 is 0 Å². The smallest absolute Gasteiger partial charge is 0.147 e. The lowest BCUT2D eigenvalue weighted by Crippen LogP contribution is -2.19. The number of pyridine rings is 1. The van der Waals surface area contributed by atoms with Gasteiger partial charge in [0.15, 0.2) is 0 Å². The van der Waals surface area contributed by atoms with Crippen LogP contribution >= 0.6 is 11.3 Å². The van der Waals surface area contributed by atoms with Crippen LogP contribution in [0.3, 0.4) is 0 Å². The third-order valence-electron chi connectivity index (χ3n) is 2.74. The van der Waals surface area contributed by atoms with Gasteiger partial charge in [-0.05, 0) is 32.0 Å². The Hall–Kier alpha value is -1.33. The molecular weight excluding hydrogens is 244 g/mol. The van der Waals surface area contributed by atoms with Crippen LogP contribution in [0.4, 0.5) is 0 Å². The minimum Gasteiger partial charge on any atom is -0.308 e. The SMILES string of the molecule is CCNC(CC)c1nnc(-c2ccnc(C)c2)s1. The van der Waals surface area contributed by atoms with Crippen molar-refractivity contribution in [1.82, 2.24) is 20.5 Å². The van der Waals surface area contributed by atoms with Crippen LogP contribution < -0.4 is 5.32 Å². The first-order chi connectivity index (χ1) is 8.74. The second-order valence-electron chi connectivity index (χ2n) is 4.15. The maximum Gasteiger partial charge on any atom is 0.147 e. The van der Waals surface area contributed by atoms with Crippen LogP contribution in [0.15, 0.2) is 18.3 Å². The maximum atomic E-state index is 4.30. The summed E-state index contributed by atoms with van der Waals surface area (Å²) in [5.41, 5.74) is 2.10. The Morgan fingerprint density at radius 1 is 1.33 bits per heavy atom. The fourth-order valence-corrected chi connectivity index (χ4v) is 2.82. The summed E-state index contributed by atoms with van der Waals surface area (Å²) in [5, 5.41) is 14.0. The Morgan fingerprint density at radius 3 is 2.83 bits per heavy atom. The van der Waals surface area contributed by atoms with Crippen LogP contribution in [0.2, 0.25) is 0 Å². The Morgan fingerprint density at radius 2 is 2.17 bits per heavy atom. The number of aryl methyl sites for hydroxylation is 1. The molecule has 0 aliphatic heterocycles. The minimum atomic E-state index is 0.309. The summed E-state index contributed by atoms with van der Waals surface area (Å²) < 4.78 is 0. The van der Waals surface area contributed by atoms with Crippen LogP contribution in [-0.4, -0.2) is 21.7 Å². The molecule has 0 saturated heterocycles. The van der Waals surface area contributed by atoms with Crippen LogP contribution in [0.25, 0.3) is 10.6 Å². The van der Waals surface area contributed by atoms with E-state index in [1.54, 1.807) is 11.3 Å². The summed E-state index contributed by atoms with van der Waals surface area (Å²) in [6.45, 7) is 7.20. The van der Waals surface area contributed by atoms with E-state index in [-0.39, 0.29) is 0 Å². The summed E-state index contributed by atoms with van der Waals surface area (Å²) in [7, 11) is 0. The molecule has 2 heterocycles. The third kappa shape index (κ3) is 2.91. The molecule has 0 bridgehead atoms. The molecule has 96 valence electrons. The van der Waals surface area contributed by atoms with Gasteiger partial charge in [0.2, 0.25) is 0 Å². The van der Waals surface area contributed by atoms with Gasteiger partial charge in [-0.1, -0.05) is 25.2 Å². The number of aromatic nitrogens is 3. The molecular formula is C13H18N4S. The van der Waals surface area contributed by atoms with Gasteiger partial charge in [0.05, 0.1) is 6.04 Å². The molecule has 1 atom stereocenters. The highest BCUT2D eigenvalue weighted by molar-refractivity contribution is 7.14. The predicted octanol–water partition coefficient (Wildman–Crippen LogP) is 2.97. The molecule has 1 unspecified atom stereocenters. The molecule has 0 aliphatic rings. The predicted molar refractivity (Wildman–Crippen MR) is 74.6 cm³/mol. The van der Waals surface area contributed by atoms with Crippen LogP contribution in [-0.2, 0) is 0 Å². The number of hydrogen-bond donors (Lipinski definition) is 1. The van der Waals surface area contributed by atoms with Gasteiger partial charge in [-0.25, -0.2) is 0 Å². The molecule has 0 radical (unpaired) electrons. The first-order valence-corrected chi connectivity index (χ1v) is 7.06. The van der Waals surface area contributed by atoms with Crippen molar-refractivity contribution in [3.63, 3.8) is 0 Å². The van der Waals surface area contributed by atoms with Crippen LogP contribution in [0, 0.1) is 6.92 Å². The van der Waals surface area contributed by atoms with Crippen molar-refractivity contribution in [3.8, 4) is 10.6 Å². The van der Waals surface area contributed by atoms with E-state index in [0.717, 1.165) is 34.2 Å². The number of nitrogens with zero attached hydrogens (tertiary/aromatic N) is 3. The van der Waals surface area contributed by atoms with Gasteiger partial charge in [0.1, 0.15) is 10.0 Å². The average Bonchev–Trinajstić information content (AvgIpc) is 2.85. The standard InChI is InChI=1S/C13H18N4S/c1-4-11(14-5-2)13-17-16-12(18-13)10-6-7-15-9(3)8-10/h6-8,11,14H,4-5H2,1-3H3. The normalized spacial score (nSPS) is 12.6. The van der Waals surface area contributed by atoms with E-state index in [0.29, 0.717) is 6.04 Å². The highest BCUT2D eigenvalue weighted by Gasteiger charge is 2.14. The Balaban J connectivity index is 2.24. The molecule has 0 amide bonds. The Labute approximate surface area is 111 Å². The molecule has 4 nitrogen and oxygen atoms in total. The lowest BCUT2D eigenvalue weighted by molar-refractivity contribution is 0.531. The van der Waals surface area contributed by atoms with Gasteiger partial charge >= 0.3 is 0 Å². The molecule has 1 N–H and O–H groups in total. The van der Waals surface area contributed by atoms with E-state index in [2.05, 4.69) is 34.3 Å². The summed E-state index contributed by atoms with van der Waals surface area (Å²) in [5.74, 6) is 0. The summed E-state index contributed by atoms with van der Waals surface area (Å²) in [4.78, 5) is 4.20. The van der Waals surface area contributed by atoms with Gasteiger partial charge in [-0.15, -0.1) is 10.2 Å². The van der Waals surface area contributed by atoms with Crippen molar-refractivity contribution < 1.29 is 0 Å². The molecule has 0 saturated carbocycles. The van der Waals surface area contributed by atoms with E-state index in [1.807, 2.05) is 25.3 Å². The van der Waals surface area contributed by atoms with Gasteiger partial charge in [-0.3, -0.25) is 4.98 Å². The lowest BCUT2D eigenvalue weighted by atomic mass is 10.2. The highest BCUT2D eigenvalue weighted by Crippen LogP contribution is 2.27. The zero-order valence-electron chi connectivity index (χ0n) is 11.0. The first-order valence-electron chi connectivity index (χ1n) is 6.24. The topological polar surface area (TPSA) is 50.7 Å². The van der Waals surface area contributed by atoms with Gasteiger partial charge in [0.25, 0.3) is 0 Å². The van der Waals surface area contributed by atoms with Crippen LogP contribution in [0.1, 0.15) is 37.0 Å². The van der Waals surface area contributed by atoms with E-state index in [1.165, 1.54) is 0 Å². The van der Waals surface area contributed by atoms with Crippen molar-refractivity contribution in [2.45, 2.75) is 33.2 Å². The second-order valence-corrected chi connectivity index (χ2v) is 5.16. The number of hydrogen-bond acceptors (Lipinski definition) is 5. The maximum absolute atomic E-state index is 4.30. The Kier molecular flexibility index (Phi) is 4.38. The van der Waals surface area contributed by atoms with Crippen LogP contribution in [0.5, 0.6) is 0 Å². The van der Waals surface area contributed by atoms with E-state index < -0.39 is 0 Å². The highest BCUT2D eigenvalue weighted by atomic mass is 32.1. The zero-order valence-corrected chi connectivity index (χ0v) is 11.8. The molecule has 0 aromatic carbocycles. The lowest BCUT2D eigenvalue weighted by Gasteiger charge is -2.10. The van der Waals surface area contributed by atoms with Crippen molar-refractivity contribution in [2.75, 3.05) is 6.54 Å². The Bertz CT molecular complexity index is 509. The van der Waals surface area contributed by atoms with Gasteiger partial charge in [0, 0.05) is 17.5 Å². The fourth-order valence-electron chi connectivity index (χ4n) is 1.82. The zero-order chi connectivity index (χ0) is 13.0. The quantitative estimate of drug-likeness (QED) is 0.900. The van der Waals surface area contributed by atoms with Gasteiger partial charge < -0.3 is 5.32 Å². The van der Waals surface area contributed by atoms with Crippen molar-refractivity contribution in [2.24, 2.45) is 0 Å². The summed E-state index contributed by atoms with van der Waals surface area (Å²) >= 11 is 1.65. The number of rotatable bonds is 5. The molecule has 2 rings (SSSR count). The monoisotopic (exact) mass is 262 g/mol. The van der Waals surface area contributed by atoms with E-state index in [4.69, 9.17) is 0 Å². The third-order valence-corrected chi connectivity index (χ3v) is 3.83. The minimum absolute atomic E-state index is 0.309. The number of nitrogens with one attached hydrogen (secondary N) is 1. The average molecular weight is 262 g/mol. The van der Waals surface area contributed by atoms with Gasteiger partial charge in [-0.2, -0.15) is 0 Å². The molecule has 0 fully saturated rings. The van der Waals surface area contributed by atoms with Crippen molar-refractivity contribution in [1.29, 1.82) is 0 Å². The van der Waals surface area contributed by atoms with E-state index in [9.17, 15) is 0 Å². The summed E-state index contributed by atoms with van der Waals surface area (Å²) in [6, 6.07) is 4.33. The van der Waals surface area contributed by atoms with Crippen molar-refractivity contribution >= 4 is 11.3 Å². The molecule has 5 heteroatoms. The first kappa shape index (κ1) is 13.1. The molecule has 0 spiro atoms. The van der Waals surface area contributed by atoms with Crippen molar-refractivity contribution in [3.05, 3.63) is 29.0 Å². The molecule has 0 aliphatic carbocycles. The fraction of sp³-hybridized carbons (Fsp3) is 0.462. The molecule has 2 aromatic heterocycles. The molecule has 18 heavy (non-hydrogen) atoms. The second kappa shape index (κ2) is 6.02. The summed E-state index contributed by atoms with van der Waals surface area (Å²) in [6.07, 6.45) is 2.84. The molecule has 2 aromatic rings.